The summed E-state index contributed by atoms with van der Waals surface area (Å²) in [5.41, 5.74) is 1.06. The second kappa shape index (κ2) is 4.18. The fraction of sp³-hybridized carbons (Fsp3) is 0.455. The predicted octanol–water partition coefficient (Wildman–Crippen LogP) is -0.0704. The van der Waals surface area contributed by atoms with Crippen molar-refractivity contribution in [3.8, 4) is 5.75 Å². The lowest BCUT2D eigenvalue weighted by Gasteiger charge is -2.14. The molecule has 4 heteroatoms. The highest BCUT2D eigenvalue weighted by molar-refractivity contribution is 5.25. The van der Waals surface area contributed by atoms with Gasteiger partial charge in [0.1, 0.15) is 5.75 Å². The minimum absolute atomic E-state index is 0.250. The van der Waals surface area contributed by atoms with E-state index in [1.807, 2.05) is 17.0 Å². The zero-order chi connectivity index (χ0) is 10.8. The smallest absolute Gasteiger partial charge is 0.115 e. The zero-order valence-corrected chi connectivity index (χ0v) is 8.37. The van der Waals surface area contributed by atoms with Crippen molar-refractivity contribution in [3.63, 3.8) is 0 Å². The lowest BCUT2D eigenvalue weighted by molar-refractivity contribution is 0.0572. The molecule has 0 saturated carbocycles. The Kier molecular flexibility index (Phi) is 2.90. The van der Waals surface area contributed by atoms with E-state index in [-0.39, 0.29) is 5.75 Å². The van der Waals surface area contributed by atoms with Crippen LogP contribution < -0.4 is 0 Å². The summed E-state index contributed by atoms with van der Waals surface area (Å²) in [6, 6.07) is 6.95. The second-order valence-corrected chi connectivity index (χ2v) is 4.00. The van der Waals surface area contributed by atoms with Crippen LogP contribution in [0.15, 0.2) is 24.3 Å². The number of β-amino-alcohol motifs (C(OH)–C–C–N with tert-alkyl or cyclic N) is 2. The van der Waals surface area contributed by atoms with Gasteiger partial charge in [0.15, 0.2) is 0 Å². The number of hydrogen-bond donors (Lipinski definition) is 3. The van der Waals surface area contributed by atoms with Gasteiger partial charge >= 0.3 is 0 Å². The maximum Gasteiger partial charge on any atom is 0.115 e. The number of phenolic OH excluding ortho intramolecular Hbond substituents is 1. The van der Waals surface area contributed by atoms with Crippen LogP contribution in [-0.2, 0) is 6.54 Å². The molecular weight excluding hydrogens is 194 g/mol. The number of aliphatic hydroxyl groups excluding tert-OH is 2. The summed E-state index contributed by atoms with van der Waals surface area (Å²) in [6.45, 7) is 1.69. The van der Waals surface area contributed by atoms with Crippen LogP contribution in [0.1, 0.15) is 5.56 Å². The van der Waals surface area contributed by atoms with Gasteiger partial charge in [-0.15, -0.1) is 0 Å². The number of likely N-dealkylation sites (tertiary alicyclic amines) is 1. The Morgan fingerprint density at radius 2 is 1.60 bits per heavy atom. The van der Waals surface area contributed by atoms with Gasteiger partial charge in [-0.2, -0.15) is 0 Å². The lowest BCUT2D eigenvalue weighted by Crippen LogP contribution is -2.22. The van der Waals surface area contributed by atoms with Gasteiger partial charge in [-0.05, 0) is 17.7 Å². The first-order valence-electron chi connectivity index (χ1n) is 5.01. The molecule has 0 amide bonds. The van der Waals surface area contributed by atoms with Gasteiger partial charge in [0.2, 0.25) is 0 Å². The molecule has 1 aromatic rings. The molecule has 1 aliphatic rings. The van der Waals surface area contributed by atoms with Crippen molar-refractivity contribution in [1.82, 2.24) is 4.90 Å². The fourth-order valence-electron chi connectivity index (χ4n) is 1.84. The molecule has 1 aromatic carbocycles. The first-order valence-corrected chi connectivity index (χ1v) is 5.01. The molecule has 2 unspecified atom stereocenters. The van der Waals surface area contributed by atoms with Crippen molar-refractivity contribution in [2.45, 2.75) is 18.8 Å². The summed E-state index contributed by atoms with van der Waals surface area (Å²) in [5.74, 6) is 0.250. The third-order valence-corrected chi connectivity index (χ3v) is 2.68. The van der Waals surface area contributed by atoms with Crippen molar-refractivity contribution in [1.29, 1.82) is 0 Å². The molecular formula is C11H15NO3. The quantitative estimate of drug-likeness (QED) is 0.638. The van der Waals surface area contributed by atoms with Crippen molar-refractivity contribution in [2.24, 2.45) is 0 Å². The Labute approximate surface area is 88.4 Å². The van der Waals surface area contributed by atoms with Gasteiger partial charge in [-0.1, -0.05) is 12.1 Å². The molecule has 1 saturated heterocycles. The molecule has 1 aliphatic heterocycles. The fourth-order valence-corrected chi connectivity index (χ4v) is 1.84. The molecule has 3 N–H and O–H groups in total. The number of rotatable bonds is 2. The monoisotopic (exact) mass is 209 g/mol. The van der Waals surface area contributed by atoms with Crippen LogP contribution >= 0.6 is 0 Å². The molecule has 0 aromatic heterocycles. The van der Waals surface area contributed by atoms with E-state index in [0.717, 1.165) is 5.56 Å². The van der Waals surface area contributed by atoms with Crippen molar-refractivity contribution in [3.05, 3.63) is 29.8 Å². The summed E-state index contributed by atoms with van der Waals surface area (Å²) in [7, 11) is 0. The zero-order valence-electron chi connectivity index (χ0n) is 8.37. The number of hydrogen-bond acceptors (Lipinski definition) is 4. The molecule has 1 fully saturated rings. The van der Waals surface area contributed by atoms with E-state index in [4.69, 9.17) is 5.11 Å². The Morgan fingerprint density at radius 1 is 1.07 bits per heavy atom. The average Bonchev–Trinajstić information content (AvgIpc) is 2.50. The lowest BCUT2D eigenvalue weighted by atomic mass is 10.2. The van der Waals surface area contributed by atoms with Crippen LogP contribution in [0.25, 0.3) is 0 Å². The van der Waals surface area contributed by atoms with Gasteiger partial charge in [-0.25, -0.2) is 0 Å². The third kappa shape index (κ3) is 2.47. The molecule has 0 aliphatic carbocycles. The Balaban J connectivity index is 1.95. The second-order valence-electron chi connectivity index (χ2n) is 4.00. The minimum atomic E-state index is -0.637. The highest BCUT2D eigenvalue weighted by Crippen LogP contribution is 2.16. The summed E-state index contributed by atoms with van der Waals surface area (Å²) < 4.78 is 0. The number of aliphatic hydroxyl groups is 2. The van der Waals surface area contributed by atoms with Crippen molar-refractivity contribution < 1.29 is 15.3 Å². The van der Waals surface area contributed by atoms with E-state index in [0.29, 0.717) is 19.6 Å². The summed E-state index contributed by atoms with van der Waals surface area (Å²) in [4.78, 5) is 1.99. The number of aromatic hydroxyl groups is 1. The summed E-state index contributed by atoms with van der Waals surface area (Å²) >= 11 is 0. The number of benzene rings is 1. The van der Waals surface area contributed by atoms with Gasteiger partial charge in [0.05, 0.1) is 12.2 Å². The first kappa shape index (κ1) is 10.4. The van der Waals surface area contributed by atoms with Crippen LogP contribution in [0.3, 0.4) is 0 Å². The van der Waals surface area contributed by atoms with Crippen molar-refractivity contribution in [2.75, 3.05) is 13.1 Å². The van der Waals surface area contributed by atoms with E-state index in [9.17, 15) is 10.2 Å². The molecule has 82 valence electrons. The van der Waals surface area contributed by atoms with Gasteiger partial charge < -0.3 is 15.3 Å². The number of nitrogens with zero attached hydrogens (tertiary/aromatic N) is 1. The summed E-state index contributed by atoms with van der Waals surface area (Å²) in [5, 5.41) is 27.8. The van der Waals surface area contributed by atoms with Crippen LogP contribution in [0.2, 0.25) is 0 Å². The van der Waals surface area contributed by atoms with Crippen molar-refractivity contribution >= 4 is 0 Å². The first-order chi connectivity index (χ1) is 7.15. The topological polar surface area (TPSA) is 63.9 Å². The molecule has 0 bridgehead atoms. The predicted molar refractivity (Wildman–Crippen MR) is 55.4 cm³/mol. The largest absolute Gasteiger partial charge is 0.508 e. The van der Waals surface area contributed by atoms with Crippen LogP contribution in [0.5, 0.6) is 5.75 Å². The van der Waals surface area contributed by atoms with E-state index in [1.54, 1.807) is 12.1 Å². The average molecular weight is 209 g/mol. The van der Waals surface area contributed by atoms with E-state index in [1.165, 1.54) is 0 Å². The molecule has 0 radical (unpaired) electrons. The normalized spacial score (nSPS) is 27.1. The molecule has 0 spiro atoms. The van der Waals surface area contributed by atoms with Crippen LogP contribution in [0.4, 0.5) is 0 Å². The molecule has 1 heterocycles. The molecule has 4 nitrogen and oxygen atoms in total. The van der Waals surface area contributed by atoms with E-state index in [2.05, 4.69) is 0 Å². The SMILES string of the molecule is Oc1ccc(CN2CC(O)C(O)C2)cc1. The molecule has 15 heavy (non-hydrogen) atoms. The Bertz CT molecular complexity index is 315. The Hall–Kier alpha value is -1.10. The number of phenols is 1. The highest BCUT2D eigenvalue weighted by atomic mass is 16.3. The van der Waals surface area contributed by atoms with Crippen LogP contribution in [-0.4, -0.2) is 45.5 Å². The standard InChI is InChI=1S/C11H15NO3/c13-9-3-1-8(2-4-9)5-12-6-10(14)11(15)7-12/h1-4,10-11,13-15H,5-7H2. The van der Waals surface area contributed by atoms with Gasteiger partial charge in [0.25, 0.3) is 0 Å². The minimum Gasteiger partial charge on any atom is -0.508 e. The Morgan fingerprint density at radius 3 is 2.13 bits per heavy atom. The maximum absolute atomic E-state index is 9.36. The van der Waals surface area contributed by atoms with E-state index < -0.39 is 12.2 Å². The molecule has 2 atom stereocenters. The van der Waals surface area contributed by atoms with Crippen LogP contribution in [0, 0.1) is 0 Å². The summed E-state index contributed by atoms with van der Waals surface area (Å²) in [6.07, 6.45) is -1.27. The van der Waals surface area contributed by atoms with E-state index >= 15 is 0 Å². The maximum atomic E-state index is 9.36. The third-order valence-electron chi connectivity index (χ3n) is 2.68. The van der Waals surface area contributed by atoms with Gasteiger partial charge in [-0.3, -0.25) is 4.90 Å². The highest BCUT2D eigenvalue weighted by Gasteiger charge is 2.29. The molecule has 2 rings (SSSR count). The van der Waals surface area contributed by atoms with Gasteiger partial charge in [0, 0.05) is 19.6 Å².